The Labute approximate surface area is 132 Å². The van der Waals surface area contributed by atoms with E-state index in [0.717, 1.165) is 5.56 Å². The molecule has 2 N–H and O–H groups in total. The summed E-state index contributed by atoms with van der Waals surface area (Å²) in [4.78, 5) is 23.7. The van der Waals surface area contributed by atoms with Crippen LogP contribution in [0, 0.1) is 0 Å². The molecule has 0 aliphatic rings. The van der Waals surface area contributed by atoms with E-state index in [2.05, 4.69) is 10.6 Å². The Morgan fingerprint density at radius 1 is 1.14 bits per heavy atom. The molecule has 0 spiro atoms. The molecule has 22 heavy (non-hydrogen) atoms. The third-order valence-corrected chi connectivity index (χ3v) is 3.63. The van der Waals surface area contributed by atoms with Crippen LogP contribution in [0.25, 0.3) is 0 Å². The SMILES string of the molecule is COc1ccc(OC)c(NC(=O)C(=O)NCc2ccsc2)c1. The van der Waals surface area contributed by atoms with Crippen molar-refractivity contribution in [2.24, 2.45) is 0 Å². The number of thiophene rings is 1. The van der Waals surface area contributed by atoms with Gasteiger partial charge in [0.2, 0.25) is 0 Å². The predicted octanol–water partition coefficient (Wildman–Crippen LogP) is 2.02. The van der Waals surface area contributed by atoms with Crippen molar-refractivity contribution in [2.75, 3.05) is 19.5 Å². The summed E-state index contributed by atoms with van der Waals surface area (Å²) < 4.78 is 10.2. The Morgan fingerprint density at radius 3 is 2.59 bits per heavy atom. The number of rotatable bonds is 5. The first kappa shape index (κ1) is 15.8. The van der Waals surface area contributed by atoms with Crippen molar-refractivity contribution >= 4 is 28.8 Å². The summed E-state index contributed by atoms with van der Waals surface area (Å²) >= 11 is 1.53. The normalized spacial score (nSPS) is 9.91. The molecule has 6 nitrogen and oxygen atoms in total. The van der Waals surface area contributed by atoms with Crippen LogP contribution in [0.15, 0.2) is 35.0 Å². The number of hydrogen-bond donors (Lipinski definition) is 2. The first-order chi connectivity index (χ1) is 10.6. The van der Waals surface area contributed by atoms with Gasteiger partial charge in [0.15, 0.2) is 0 Å². The lowest BCUT2D eigenvalue weighted by Crippen LogP contribution is -2.34. The first-order valence-electron chi connectivity index (χ1n) is 6.46. The number of hydrogen-bond acceptors (Lipinski definition) is 5. The van der Waals surface area contributed by atoms with Gasteiger partial charge in [-0.25, -0.2) is 0 Å². The van der Waals surface area contributed by atoms with E-state index in [1.807, 2.05) is 16.8 Å². The Balaban J connectivity index is 1.99. The number of methoxy groups -OCH3 is 2. The van der Waals surface area contributed by atoms with Gasteiger partial charge in [-0.15, -0.1) is 0 Å². The van der Waals surface area contributed by atoms with Gasteiger partial charge in [-0.3, -0.25) is 9.59 Å². The summed E-state index contributed by atoms with van der Waals surface area (Å²) in [6, 6.07) is 6.82. The third kappa shape index (κ3) is 3.98. The highest BCUT2D eigenvalue weighted by molar-refractivity contribution is 7.07. The zero-order valence-corrected chi connectivity index (χ0v) is 13.0. The van der Waals surface area contributed by atoms with Crippen LogP contribution in [0.5, 0.6) is 11.5 Å². The van der Waals surface area contributed by atoms with Crippen LogP contribution >= 0.6 is 11.3 Å². The summed E-state index contributed by atoms with van der Waals surface area (Å²) in [6.45, 7) is 0.311. The molecule has 2 aromatic rings. The fourth-order valence-corrected chi connectivity index (χ4v) is 2.42. The van der Waals surface area contributed by atoms with Gasteiger partial charge >= 0.3 is 11.8 Å². The highest BCUT2D eigenvalue weighted by Gasteiger charge is 2.16. The van der Waals surface area contributed by atoms with Crippen molar-refractivity contribution in [1.29, 1.82) is 0 Å². The molecule has 116 valence electrons. The Bertz CT molecular complexity index is 656. The van der Waals surface area contributed by atoms with Gasteiger partial charge in [0.1, 0.15) is 11.5 Å². The number of benzene rings is 1. The van der Waals surface area contributed by atoms with Crippen LogP contribution in [-0.2, 0) is 16.1 Å². The van der Waals surface area contributed by atoms with Crippen molar-refractivity contribution in [3.63, 3.8) is 0 Å². The molecule has 0 radical (unpaired) electrons. The predicted molar refractivity (Wildman–Crippen MR) is 84.3 cm³/mol. The van der Waals surface area contributed by atoms with E-state index >= 15 is 0 Å². The van der Waals surface area contributed by atoms with E-state index in [4.69, 9.17) is 9.47 Å². The Morgan fingerprint density at radius 2 is 1.95 bits per heavy atom. The van der Waals surface area contributed by atoms with E-state index in [-0.39, 0.29) is 0 Å². The summed E-state index contributed by atoms with van der Waals surface area (Å²) in [5.41, 5.74) is 1.32. The van der Waals surface area contributed by atoms with E-state index in [9.17, 15) is 9.59 Å². The van der Waals surface area contributed by atoms with Gasteiger partial charge in [-0.2, -0.15) is 11.3 Å². The van der Waals surface area contributed by atoms with Gasteiger partial charge in [-0.05, 0) is 34.5 Å². The lowest BCUT2D eigenvalue weighted by molar-refractivity contribution is -0.136. The number of carbonyl (C=O) groups is 2. The lowest BCUT2D eigenvalue weighted by Gasteiger charge is -2.11. The quantitative estimate of drug-likeness (QED) is 0.826. The molecule has 0 atom stereocenters. The number of anilines is 1. The molecule has 2 rings (SSSR count). The van der Waals surface area contributed by atoms with Crippen LogP contribution < -0.4 is 20.1 Å². The fraction of sp³-hybridized carbons (Fsp3) is 0.200. The zero-order valence-electron chi connectivity index (χ0n) is 12.2. The molecule has 1 heterocycles. The maximum absolute atomic E-state index is 11.9. The Kier molecular flexibility index (Phi) is 5.37. The summed E-state index contributed by atoms with van der Waals surface area (Å²) in [6.07, 6.45) is 0. The van der Waals surface area contributed by atoms with Crippen molar-refractivity contribution in [2.45, 2.75) is 6.54 Å². The largest absolute Gasteiger partial charge is 0.497 e. The van der Waals surface area contributed by atoms with E-state index in [0.29, 0.717) is 23.7 Å². The van der Waals surface area contributed by atoms with Gasteiger partial charge in [0, 0.05) is 12.6 Å². The molecule has 0 fully saturated rings. The van der Waals surface area contributed by atoms with Crippen LogP contribution in [-0.4, -0.2) is 26.0 Å². The summed E-state index contributed by atoms with van der Waals surface area (Å²) in [7, 11) is 3.00. The number of nitrogens with one attached hydrogen (secondary N) is 2. The standard InChI is InChI=1S/C15H16N2O4S/c1-20-11-3-4-13(21-2)12(7-11)17-15(19)14(18)16-8-10-5-6-22-9-10/h3-7,9H,8H2,1-2H3,(H,16,18)(H,17,19). The summed E-state index contributed by atoms with van der Waals surface area (Å²) in [5, 5.41) is 8.88. The monoisotopic (exact) mass is 320 g/mol. The maximum Gasteiger partial charge on any atom is 0.313 e. The second-order valence-electron chi connectivity index (χ2n) is 4.33. The molecular formula is C15H16N2O4S. The number of ether oxygens (including phenoxy) is 2. The van der Waals surface area contributed by atoms with Crippen LogP contribution in [0.2, 0.25) is 0 Å². The Hall–Kier alpha value is -2.54. The molecule has 7 heteroatoms. The van der Waals surface area contributed by atoms with Crippen molar-refractivity contribution in [3.8, 4) is 11.5 Å². The van der Waals surface area contributed by atoms with Crippen molar-refractivity contribution < 1.29 is 19.1 Å². The highest BCUT2D eigenvalue weighted by atomic mass is 32.1. The molecule has 0 bridgehead atoms. The van der Waals surface area contributed by atoms with Gasteiger partial charge in [0.25, 0.3) is 0 Å². The first-order valence-corrected chi connectivity index (χ1v) is 7.40. The van der Waals surface area contributed by atoms with Crippen LogP contribution in [0.4, 0.5) is 5.69 Å². The number of carbonyl (C=O) groups excluding carboxylic acids is 2. The maximum atomic E-state index is 11.9. The van der Waals surface area contributed by atoms with Crippen LogP contribution in [0.1, 0.15) is 5.56 Å². The summed E-state index contributed by atoms with van der Waals surface area (Å²) in [5.74, 6) is -0.479. The van der Waals surface area contributed by atoms with Crippen LogP contribution in [0.3, 0.4) is 0 Å². The van der Waals surface area contributed by atoms with E-state index < -0.39 is 11.8 Å². The van der Waals surface area contributed by atoms with E-state index in [1.54, 1.807) is 18.2 Å². The molecule has 0 aliphatic carbocycles. The molecular weight excluding hydrogens is 304 g/mol. The minimum Gasteiger partial charge on any atom is -0.497 e. The van der Waals surface area contributed by atoms with Gasteiger partial charge in [0.05, 0.1) is 19.9 Å². The molecule has 2 amide bonds. The average molecular weight is 320 g/mol. The third-order valence-electron chi connectivity index (χ3n) is 2.89. The number of amides is 2. The minimum atomic E-state index is -0.762. The lowest BCUT2D eigenvalue weighted by atomic mass is 10.2. The van der Waals surface area contributed by atoms with Gasteiger partial charge < -0.3 is 20.1 Å². The molecule has 1 aromatic heterocycles. The topological polar surface area (TPSA) is 76.7 Å². The minimum absolute atomic E-state index is 0.311. The smallest absolute Gasteiger partial charge is 0.313 e. The molecule has 0 saturated heterocycles. The molecule has 0 aliphatic heterocycles. The molecule has 0 unspecified atom stereocenters. The van der Waals surface area contributed by atoms with Gasteiger partial charge in [-0.1, -0.05) is 0 Å². The second kappa shape index (κ2) is 7.46. The van der Waals surface area contributed by atoms with Crippen molar-refractivity contribution in [1.82, 2.24) is 5.32 Å². The van der Waals surface area contributed by atoms with E-state index in [1.165, 1.54) is 25.6 Å². The second-order valence-corrected chi connectivity index (χ2v) is 5.11. The fourth-order valence-electron chi connectivity index (χ4n) is 1.75. The molecule has 1 aromatic carbocycles. The average Bonchev–Trinajstić information content (AvgIpc) is 3.05. The zero-order chi connectivity index (χ0) is 15.9. The van der Waals surface area contributed by atoms with Crippen molar-refractivity contribution in [3.05, 3.63) is 40.6 Å². The molecule has 0 saturated carbocycles. The highest BCUT2D eigenvalue weighted by Crippen LogP contribution is 2.28.